The van der Waals surface area contributed by atoms with E-state index in [2.05, 4.69) is 73.9 Å². The van der Waals surface area contributed by atoms with E-state index in [1.165, 1.54) is 16.9 Å². The van der Waals surface area contributed by atoms with Gasteiger partial charge in [-0.3, -0.25) is 9.59 Å². The van der Waals surface area contributed by atoms with Crippen LogP contribution in [-0.4, -0.2) is 17.4 Å². The molecule has 0 fully saturated rings. The van der Waals surface area contributed by atoms with Crippen molar-refractivity contribution in [3.8, 4) is 0 Å². The number of nitrogens with one attached hydrogen (secondary N) is 2. The lowest BCUT2D eigenvalue weighted by atomic mass is 9.65. The molecule has 0 spiro atoms. The maximum Gasteiger partial charge on any atom is 0.265 e. The van der Waals surface area contributed by atoms with Crippen LogP contribution in [0.1, 0.15) is 65.4 Å². The molecule has 3 aromatic carbocycles. The van der Waals surface area contributed by atoms with Gasteiger partial charge in [-0.15, -0.1) is 11.3 Å². The molecule has 0 saturated heterocycles. The zero-order valence-corrected chi connectivity index (χ0v) is 24.0. The van der Waals surface area contributed by atoms with E-state index in [-0.39, 0.29) is 17.2 Å². The first-order chi connectivity index (χ1) is 18.6. The molecule has 6 heteroatoms. The number of fused-ring (bicyclic) bond motifs is 1. The van der Waals surface area contributed by atoms with Crippen LogP contribution >= 0.6 is 11.3 Å². The summed E-state index contributed by atoms with van der Waals surface area (Å²) in [5, 5.41) is 6.73. The fraction of sp³-hybridized carbons (Fsp3) is 0.273. The predicted molar refractivity (Wildman–Crippen MR) is 162 cm³/mol. The number of benzene rings is 3. The van der Waals surface area contributed by atoms with Gasteiger partial charge in [0.25, 0.3) is 5.91 Å². The topological polar surface area (TPSA) is 61.4 Å². The van der Waals surface area contributed by atoms with Crippen molar-refractivity contribution in [3.05, 3.63) is 111 Å². The van der Waals surface area contributed by atoms with Gasteiger partial charge in [0.2, 0.25) is 5.91 Å². The first-order valence-electron chi connectivity index (χ1n) is 13.3. The highest BCUT2D eigenvalue weighted by molar-refractivity contribution is 7.14. The second-order valence-electron chi connectivity index (χ2n) is 11.2. The van der Waals surface area contributed by atoms with E-state index in [0.717, 1.165) is 33.8 Å². The highest BCUT2D eigenvalue weighted by Gasteiger charge is 2.47. The number of hydrogen-bond acceptors (Lipinski definition) is 4. The molecule has 1 aliphatic heterocycles. The van der Waals surface area contributed by atoms with Crippen molar-refractivity contribution in [2.75, 3.05) is 15.5 Å². The van der Waals surface area contributed by atoms with Crippen LogP contribution in [0.25, 0.3) is 0 Å². The van der Waals surface area contributed by atoms with Gasteiger partial charge in [-0.1, -0.05) is 67.6 Å². The van der Waals surface area contributed by atoms with Crippen molar-refractivity contribution in [2.24, 2.45) is 0 Å². The minimum absolute atomic E-state index is 0.00350. The van der Waals surface area contributed by atoms with Gasteiger partial charge in [0.15, 0.2) is 0 Å². The highest BCUT2D eigenvalue weighted by atomic mass is 32.1. The van der Waals surface area contributed by atoms with Crippen molar-refractivity contribution in [3.63, 3.8) is 0 Å². The molecule has 2 N–H and O–H groups in total. The third kappa shape index (κ3) is 5.21. The van der Waals surface area contributed by atoms with Crippen LogP contribution in [0.2, 0.25) is 0 Å². The summed E-state index contributed by atoms with van der Waals surface area (Å²) in [5.41, 5.74) is 4.88. The largest absolute Gasteiger partial charge is 0.379 e. The van der Waals surface area contributed by atoms with Gasteiger partial charge in [-0.2, -0.15) is 0 Å². The molecule has 5 rings (SSSR count). The molecule has 1 unspecified atom stereocenters. The lowest BCUT2D eigenvalue weighted by molar-refractivity contribution is -0.117. The number of anilines is 3. The van der Waals surface area contributed by atoms with Crippen molar-refractivity contribution >= 4 is 40.2 Å². The van der Waals surface area contributed by atoms with Crippen LogP contribution in [0.3, 0.4) is 0 Å². The third-order valence-corrected chi connectivity index (χ3v) is 8.63. The second kappa shape index (κ2) is 10.3. The van der Waals surface area contributed by atoms with E-state index in [4.69, 9.17) is 0 Å². The molecular formula is C33H35N3O2S. The summed E-state index contributed by atoms with van der Waals surface area (Å²) in [5.74, 6) is -0.145. The van der Waals surface area contributed by atoms with Crippen molar-refractivity contribution in [1.82, 2.24) is 0 Å². The Balaban J connectivity index is 1.68. The van der Waals surface area contributed by atoms with Gasteiger partial charge < -0.3 is 15.5 Å². The minimum Gasteiger partial charge on any atom is -0.379 e. The lowest BCUT2D eigenvalue weighted by Gasteiger charge is -2.51. The molecule has 2 heterocycles. The number of rotatable bonds is 6. The number of carbonyl (C=O) groups excluding carboxylic acids is 2. The number of hydrogen-bond donors (Lipinski definition) is 2. The fourth-order valence-electron chi connectivity index (χ4n) is 6.02. The zero-order chi connectivity index (χ0) is 27.8. The van der Waals surface area contributed by atoms with Crippen molar-refractivity contribution in [1.29, 1.82) is 0 Å². The van der Waals surface area contributed by atoms with Gasteiger partial charge in [0.1, 0.15) is 0 Å². The van der Waals surface area contributed by atoms with E-state index in [9.17, 15) is 9.59 Å². The van der Waals surface area contributed by atoms with E-state index >= 15 is 0 Å². The maximum atomic E-state index is 13.3. The number of aryl methyl sites for hydroxylation is 1. The molecule has 200 valence electrons. The highest BCUT2D eigenvalue weighted by Crippen LogP contribution is 2.52. The Morgan fingerprint density at radius 3 is 2.18 bits per heavy atom. The Morgan fingerprint density at radius 1 is 0.897 bits per heavy atom. The molecule has 5 nitrogen and oxygen atoms in total. The first-order valence-corrected chi connectivity index (χ1v) is 14.1. The van der Waals surface area contributed by atoms with Crippen LogP contribution in [0.15, 0.2) is 84.9 Å². The molecular weight excluding hydrogens is 502 g/mol. The summed E-state index contributed by atoms with van der Waals surface area (Å²) in [4.78, 5) is 30.1. The van der Waals surface area contributed by atoms with Gasteiger partial charge in [-0.05, 0) is 68.1 Å². The Labute approximate surface area is 234 Å². The number of carbonyl (C=O) groups is 2. The SMILES string of the molecule is CC(=O)N1c2cc(NCc3ccccc3)c(NC(=O)c3ccc(C)s3)cc2C(C)(c2ccccc2)CC1(C)C. The van der Waals surface area contributed by atoms with Crippen LogP contribution in [0.5, 0.6) is 0 Å². The number of amides is 2. The zero-order valence-electron chi connectivity index (χ0n) is 23.2. The van der Waals surface area contributed by atoms with E-state index in [1.54, 1.807) is 6.92 Å². The molecule has 0 radical (unpaired) electrons. The van der Waals surface area contributed by atoms with Crippen LogP contribution in [0.4, 0.5) is 17.1 Å². The maximum absolute atomic E-state index is 13.3. The predicted octanol–water partition coefficient (Wildman–Crippen LogP) is 7.76. The number of nitrogens with zero attached hydrogens (tertiary/aromatic N) is 1. The van der Waals surface area contributed by atoms with Gasteiger partial charge in [0, 0.05) is 29.3 Å². The third-order valence-electron chi connectivity index (χ3n) is 7.63. The second-order valence-corrected chi connectivity index (χ2v) is 12.4. The number of thiophene rings is 1. The quantitative estimate of drug-likeness (QED) is 0.264. The van der Waals surface area contributed by atoms with Gasteiger partial charge in [-0.25, -0.2) is 0 Å². The molecule has 0 bridgehead atoms. The standard InChI is InChI=1S/C33H35N3O2S/c1-22-16-17-30(39-22)31(38)35-28-18-26-29(19-27(28)34-20-24-12-8-6-9-13-24)36(23(2)37)32(3,4)21-33(26,5)25-14-10-7-11-15-25/h6-19,34H,20-21H2,1-5H3,(H,35,38). The molecule has 0 aliphatic carbocycles. The Kier molecular flexibility index (Phi) is 7.08. The molecule has 1 aromatic heterocycles. The monoisotopic (exact) mass is 537 g/mol. The smallest absolute Gasteiger partial charge is 0.265 e. The summed E-state index contributed by atoms with van der Waals surface area (Å²) in [6.07, 6.45) is 0.741. The van der Waals surface area contributed by atoms with Crippen molar-refractivity contribution < 1.29 is 9.59 Å². The average molecular weight is 538 g/mol. The lowest BCUT2D eigenvalue weighted by Crippen LogP contribution is -2.55. The van der Waals surface area contributed by atoms with Crippen LogP contribution in [0, 0.1) is 6.92 Å². The van der Waals surface area contributed by atoms with E-state index in [1.807, 2.05) is 54.3 Å². The summed E-state index contributed by atoms with van der Waals surface area (Å²) >= 11 is 1.48. The first kappa shape index (κ1) is 26.7. The Hall–Kier alpha value is -3.90. The Morgan fingerprint density at radius 2 is 1.56 bits per heavy atom. The van der Waals surface area contributed by atoms with Crippen molar-refractivity contribution in [2.45, 2.75) is 58.5 Å². The molecule has 2 amide bonds. The molecule has 1 atom stereocenters. The van der Waals surface area contributed by atoms with E-state index < -0.39 is 5.54 Å². The summed E-state index contributed by atoms with van der Waals surface area (Å²) in [6, 6.07) is 28.5. The van der Waals surface area contributed by atoms with Crippen LogP contribution in [-0.2, 0) is 16.8 Å². The molecule has 1 aliphatic rings. The van der Waals surface area contributed by atoms with Gasteiger partial charge in [0.05, 0.1) is 21.9 Å². The summed E-state index contributed by atoms with van der Waals surface area (Å²) < 4.78 is 0. The van der Waals surface area contributed by atoms with E-state index in [0.29, 0.717) is 17.1 Å². The van der Waals surface area contributed by atoms with Gasteiger partial charge >= 0.3 is 0 Å². The average Bonchev–Trinajstić information content (AvgIpc) is 3.34. The Bertz CT molecular complexity index is 1510. The summed E-state index contributed by atoms with van der Waals surface area (Å²) in [7, 11) is 0. The fourth-order valence-corrected chi connectivity index (χ4v) is 6.79. The molecule has 39 heavy (non-hydrogen) atoms. The molecule has 0 saturated carbocycles. The normalized spacial score (nSPS) is 17.8. The molecule has 4 aromatic rings. The summed E-state index contributed by atoms with van der Waals surface area (Å²) in [6.45, 7) is 10.7. The minimum atomic E-state index is -0.417. The van der Waals surface area contributed by atoms with Crippen LogP contribution < -0.4 is 15.5 Å².